The molecule has 6 N–H and O–H groups in total. The predicted octanol–water partition coefficient (Wildman–Crippen LogP) is 1.18. The summed E-state index contributed by atoms with van der Waals surface area (Å²) in [5.74, 6) is -4.50. The lowest BCUT2D eigenvalue weighted by molar-refractivity contribution is -0.144. The van der Waals surface area contributed by atoms with Crippen LogP contribution in [0, 0.1) is 5.92 Å². The van der Waals surface area contributed by atoms with Gasteiger partial charge in [-0.25, -0.2) is 0 Å². The number of primary amides is 2. The number of benzene rings is 3. The SMILES string of the molecule is COC[C@@H](C(=O)NCc1cccc2ccccc12)C(CC(N)=O)(NC(=O)Cc1ccccc1)C(N)=O. The van der Waals surface area contributed by atoms with E-state index in [0.717, 1.165) is 16.3 Å². The number of carbonyl (C=O) groups excluding carboxylic acids is 4. The number of rotatable bonds is 12. The first-order valence-electron chi connectivity index (χ1n) is 11.4. The zero-order valence-electron chi connectivity index (χ0n) is 20.0. The van der Waals surface area contributed by atoms with E-state index in [4.69, 9.17) is 16.2 Å². The Balaban J connectivity index is 1.89. The standard InChI is InChI=1S/C27H30N4O5/c1-36-17-22(25(34)30-16-20-12-7-11-19-10-5-6-13-21(19)20)27(26(29)35,15-23(28)32)31-24(33)14-18-8-3-2-4-9-18/h2-13,22H,14-17H2,1H3,(H2,28,32)(H2,29,35)(H,30,34)(H,31,33)/t22-,27?/m0/s1. The van der Waals surface area contributed by atoms with Crippen molar-refractivity contribution in [3.8, 4) is 0 Å². The molecule has 0 aliphatic carbocycles. The van der Waals surface area contributed by atoms with Gasteiger partial charge in [0.05, 0.1) is 25.4 Å². The minimum absolute atomic E-state index is 0.0913. The third-order valence-electron chi connectivity index (χ3n) is 6.04. The zero-order chi connectivity index (χ0) is 26.1. The van der Waals surface area contributed by atoms with Crippen LogP contribution in [0.1, 0.15) is 17.5 Å². The molecule has 3 aromatic carbocycles. The molecule has 0 spiro atoms. The van der Waals surface area contributed by atoms with Crippen molar-refractivity contribution in [3.05, 3.63) is 83.9 Å². The van der Waals surface area contributed by atoms with E-state index in [1.165, 1.54) is 7.11 Å². The topological polar surface area (TPSA) is 154 Å². The molecule has 0 aliphatic heterocycles. The monoisotopic (exact) mass is 490 g/mol. The second kappa shape index (κ2) is 11.9. The van der Waals surface area contributed by atoms with Crippen molar-refractivity contribution in [1.29, 1.82) is 0 Å². The fourth-order valence-electron chi connectivity index (χ4n) is 4.28. The maximum Gasteiger partial charge on any atom is 0.244 e. The number of nitrogens with two attached hydrogens (primary N) is 2. The molecule has 3 aromatic rings. The number of carbonyl (C=O) groups is 4. The Morgan fingerprint density at radius 2 is 1.58 bits per heavy atom. The summed E-state index contributed by atoms with van der Waals surface area (Å²) in [6.45, 7) is -0.146. The Labute approximate surface area is 209 Å². The molecule has 4 amide bonds. The summed E-state index contributed by atoms with van der Waals surface area (Å²) >= 11 is 0. The molecule has 0 aromatic heterocycles. The van der Waals surface area contributed by atoms with Crippen molar-refractivity contribution in [2.75, 3.05) is 13.7 Å². The summed E-state index contributed by atoms with van der Waals surface area (Å²) in [6.07, 6.45) is -0.759. The molecule has 3 rings (SSSR count). The summed E-state index contributed by atoms with van der Waals surface area (Å²) in [4.78, 5) is 51.1. The molecule has 9 nitrogen and oxygen atoms in total. The van der Waals surface area contributed by atoms with E-state index in [1.807, 2.05) is 42.5 Å². The molecule has 9 heteroatoms. The molecule has 0 aliphatic rings. The number of fused-ring (bicyclic) bond motifs is 1. The quantitative estimate of drug-likeness (QED) is 0.300. The van der Waals surface area contributed by atoms with Crippen LogP contribution in [0.25, 0.3) is 10.8 Å². The van der Waals surface area contributed by atoms with E-state index in [0.29, 0.717) is 5.56 Å². The molecule has 0 bridgehead atoms. The smallest absolute Gasteiger partial charge is 0.244 e. The number of nitrogens with one attached hydrogen (secondary N) is 2. The van der Waals surface area contributed by atoms with Crippen LogP contribution in [-0.2, 0) is 36.9 Å². The Morgan fingerprint density at radius 1 is 0.917 bits per heavy atom. The van der Waals surface area contributed by atoms with Crippen molar-refractivity contribution < 1.29 is 23.9 Å². The zero-order valence-corrected chi connectivity index (χ0v) is 20.0. The van der Waals surface area contributed by atoms with Gasteiger partial charge in [-0.15, -0.1) is 0 Å². The molecule has 0 radical (unpaired) electrons. The minimum atomic E-state index is -2.09. The van der Waals surface area contributed by atoms with Crippen molar-refractivity contribution >= 4 is 34.4 Å². The van der Waals surface area contributed by atoms with E-state index >= 15 is 0 Å². The number of hydrogen-bond donors (Lipinski definition) is 4. The lowest BCUT2D eigenvalue weighted by Gasteiger charge is -2.37. The van der Waals surface area contributed by atoms with Gasteiger partial charge in [-0.2, -0.15) is 0 Å². The summed E-state index contributed by atoms with van der Waals surface area (Å²) < 4.78 is 5.21. The van der Waals surface area contributed by atoms with Crippen molar-refractivity contribution in [2.45, 2.75) is 24.9 Å². The van der Waals surface area contributed by atoms with Crippen LogP contribution in [0.2, 0.25) is 0 Å². The number of amides is 4. The highest BCUT2D eigenvalue weighted by molar-refractivity contribution is 6.00. The summed E-state index contributed by atoms with van der Waals surface area (Å²) in [6, 6.07) is 22.2. The van der Waals surface area contributed by atoms with Gasteiger partial charge in [-0.05, 0) is 21.9 Å². The normalized spacial score (nSPS) is 13.4. The lowest BCUT2D eigenvalue weighted by atomic mass is 9.79. The van der Waals surface area contributed by atoms with Crippen LogP contribution in [0.15, 0.2) is 72.8 Å². The number of hydrogen-bond acceptors (Lipinski definition) is 5. The Morgan fingerprint density at radius 3 is 2.25 bits per heavy atom. The average Bonchev–Trinajstić information content (AvgIpc) is 2.85. The van der Waals surface area contributed by atoms with E-state index in [-0.39, 0.29) is 19.6 Å². The largest absolute Gasteiger partial charge is 0.384 e. The first kappa shape index (κ1) is 26.4. The molecule has 2 atom stereocenters. The molecule has 188 valence electrons. The molecule has 0 heterocycles. The third kappa shape index (κ3) is 6.25. The van der Waals surface area contributed by atoms with Crippen molar-refractivity contribution in [1.82, 2.24) is 10.6 Å². The van der Waals surface area contributed by atoms with Gasteiger partial charge in [0.15, 0.2) is 0 Å². The Bertz CT molecular complexity index is 1240. The van der Waals surface area contributed by atoms with E-state index in [2.05, 4.69) is 10.6 Å². The van der Waals surface area contributed by atoms with E-state index in [1.54, 1.807) is 30.3 Å². The van der Waals surface area contributed by atoms with Crippen LogP contribution in [0.4, 0.5) is 0 Å². The highest BCUT2D eigenvalue weighted by Gasteiger charge is 2.50. The van der Waals surface area contributed by atoms with Gasteiger partial charge in [0.2, 0.25) is 23.6 Å². The van der Waals surface area contributed by atoms with Crippen LogP contribution in [0.3, 0.4) is 0 Å². The van der Waals surface area contributed by atoms with Gasteiger partial charge in [0, 0.05) is 13.7 Å². The Hall–Kier alpha value is -4.24. The highest BCUT2D eigenvalue weighted by atomic mass is 16.5. The summed E-state index contributed by atoms with van der Waals surface area (Å²) in [7, 11) is 1.34. The molecular formula is C27H30N4O5. The fraction of sp³-hybridized carbons (Fsp3) is 0.259. The first-order valence-corrected chi connectivity index (χ1v) is 11.4. The van der Waals surface area contributed by atoms with E-state index < -0.39 is 41.5 Å². The second-order valence-electron chi connectivity index (χ2n) is 8.55. The third-order valence-corrected chi connectivity index (χ3v) is 6.04. The number of methoxy groups -OCH3 is 1. The summed E-state index contributed by atoms with van der Waals surface area (Å²) in [5.41, 5.74) is 10.6. The molecular weight excluding hydrogens is 460 g/mol. The van der Waals surface area contributed by atoms with Crippen LogP contribution >= 0.6 is 0 Å². The van der Waals surface area contributed by atoms with Crippen LogP contribution in [-0.4, -0.2) is 42.9 Å². The Kier molecular flexibility index (Phi) is 8.75. The lowest BCUT2D eigenvalue weighted by Crippen LogP contribution is -2.67. The highest BCUT2D eigenvalue weighted by Crippen LogP contribution is 2.25. The van der Waals surface area contributed by atoms with Gasteiger partial charge >= 0.3 is 0 Å². The van der Waals surface area contributed by atoms with Crippen molar-refractivity contribution in [3.63, 3.8) is 0 Å². The number of ether oxygens (including phenoxy) is 1. The van der Waals surface area contributed by atoms with Gasteiger partial charge in [-0.3, -0.25) is 19.2 Å². The van der Waals surface area contributed by atoms with Gasteiger partial charge < -0.3 is 26.8 Å². The molecule has 1 unspecified atom stereocenters. The summed E-state index contributed by atoms with van der Waals surface area (Å²) in [5, 5.41) is 7.31. The maximum absolute atomic E-state index is 13.4. The fourth-order valence-corrected chi connectivity index (χ4v) is 4.28. The molecule has 36 heavy (non-hydrogen) atoms. The minimum Gasteiger partial charge on any atom is -0.384 e. The molecule has 0 fully saturated rings. The van der Waals surface area contributed by atoms with Gasteiger partial charge in [0.25, 0.3) is 0 Å². The second-order valence-corrected chi connectivity index (χ2v) is 8.55. The van der Waals surface area contributed by atoms with E-state index in [9.17, 15) is 19.2 Å². The molecule has 0 saturated heterocycles. The maximum atomic E-state index is 13.4. The first-order chi connectivity index (χ1) is 17.3. The van der Waals surface area contributed by atoms with Crippen LogP contribution in [0.5, 0.6) is 0 Å². The van der Waals surface area contributed by atoms with Gasteiger partial charge in [0.1, 0.15) is 5.54 Å². The molecule has 0 saturated carbocycles. The van der Waals surface area contributed by atoms with Crippen molar-refractivity contribution in [2.24, 2.45) is 17.4 Å². The predicted molar refractivity (Wildman–Crippen MR) is 135 cm³/mol. The van der Waals surface area contributed by atoms with Gasteiger partial charge in [-0.1, -0.05) is 72.8 Å². The average molecular weight is 491 g/mol. The van der Waals surface area contributed by atoms with Crippen LogP contribution < -0.4 is 22.1 Å².